The number of oxazole rings is 1. The maximum Gasteiger partial charge on any atom is 0.323 e. The summed E-state index contributed by atoms with van der Waals surface area (Å²) in [5.41, 5.74) is 1.60. The molecule has 0 spiro atoms. The highest BCUT2D eigenvalue weighted by Gasteiger charge is 2.30. The fourth-order valence-corrected chi connectivity index (χ4v) is 2.92. The summed E-state index contributed by atoms with van der Waals surface area (Å²) in [5, 5.41) is 9.31. The third-order valence-corrected chi connectivity index (χ3v) is 4.46. The van der Waals surface area contributed by atoms with Gasteiger partial charge in [-0.15, -0.1) is 0 Å². The van der Waals surface area contributed by atoms with Crippen LogP contribution in [0.4, 0.5) is 0 Å². The van der Waals surface area contributed by atoms with Gasteiger partial charge in [-0.3, -0.25) is 14.6 Å². The summed E-state index contributed by atoms with van der Waals surface area (Å²) >= 11 is 0. The molecule has 3 rings (SSSR count). The molecule has 150 valence electrons. The number of aromatic nitrogens is 2. The lowest BCUT2D eigenvalue weighted by molar-refractivity contribution is -0.138. The van der Waals surface area contributed by atoms with Crippen molar-refractivity contribution >= 4 is 11.9 Å². The molecule has 1 N–H and O–H groups in total. The summed E-state index contributed by atoms with van der Waals surface area (Å²) in [5.74, 6) is -0.823. The van der Waals surface area contributed by atoms with Crippen molar-refractivity contribution in [3.8, 4) is 17.2 Å². The molecule has 0 aliphatic rings. The average Bonchev–Trinajstić information content (AvgIpc) is 3.13. The Labute approximate surface area is 167 Å². The first-order chi connectivity index (χ1) is 13.9. The average molecular weight is 395 g/mol. The Morgan fingerprint density at radius 3 is 2.69 bits per heavy atom. The molecule has 8 nitrogen and oxygen atoms in total. The van der Waals surface area contributed by atoms with Gasteiger partial charge in [0.1, 0.15) is 12.3 Å². The number of rotatable bonds is 7. The number of methoxy groups -OCH3 is 1. The van der Waals surface area contributed by atoms with Crippen LogP contribution in [0.15, 0.2) is 53.1 Å². The van der Waals surface area contributed by atoms with Crippen LogP contribution in [0.3, 0.4) is 0 Å². The largest absolute Gasteiger partial charge is 0.497 e. The van der Waals surface area contributed by atoms with Gasteiger partial charge >= 0.3 is 5.97 Å². The summed E-state index contributed by atoms with van der Waals surface area (Å²) in [4.78, 5) is 34.3. The van der Waals surface area contributed by atoms with Crippen molar-refractivity contribution < 1.29 is 23.8 Å². The molecular formula is C21H21N3O5. The van der Waals surface area contributed by atoms with Crippen LogP contribution in [0.1, 0.15) is 34.9 Å². The van der Waals surface area contributed by atoms with E-state index in [1.165, 1.54) is 4.90 Å². The molecule has 0 fully saturated rings. The molecule has 1 unspecified atom stereocenters. The fourth-order valence-electron chi connectivity index (χ4n) is 2.92. The number of pyridine rings is 1. The number of ether oxygens (including phenoxy) is 1. The van der Waals surface area contributed by atoms with Crippen LogP contribution < -0.4 is 4.74 Å². The molecule has 2 aromatic heterocycles. The van der Waals surface area contributed by atoms with Crippen molar-refractivity contribution in [2.24, 2.45) is 0 Å². The minimum absolute atomic E-state index is 0.00755. The van der Waals surface area contributed by atoms with E-state index < -0.39 is 24.5 Å². The van der Waals surface area contributed by atoms with E-state index in [0.29, 0.717) is 22.7 Å². The number of hydrogen-bond acceptors (Lipinski definition) is 6. The predicted molar refractivity (Wildman–Crippen MR) is 105 cm³/mol. The molecule has 0 aliphatic carbocycles. The number of benzene rings is 1. The number of amides is 1. The van der Waals surface area contributed by atoms with Crippen LogP contribution in [0.25, 0.3) is 11.5 Å². The van der Waals surface area contributed by atoms with Gasteiger partial charge in [-0.1, -0.05) is 12.1 Å². The van der Waals surface area contributed by atoms with Gasteiger partial charge in [0.25, 0.3) is 5.91 Å². The Bertz CT molecular complexity index is 1020. The van der Waals surface area contributed by atoms with Crippen LogP contribution in [0.5, 0.6) is 5.75 Å². The van der Waals surface area contributed by atoms with E-state index in [0.717, 1.165) is 0 Å². The lowest BCUT2D eigenvalue weighted by Gasteiger charge is -2.26. The zero-order valence-corrected chi connectivity index (χ0v) is 16.3. The molecule has 29 heavy (non-hydrogen) atoms. The van der Waals surface area contributed by atoms with Gasteiger partial charge in [0, 0.05) is 11.8 Å². The van der Waals surface area contributed by atoms with Crippen LogP contribution >= 0.6 is 0 Å². The minimum Gasteiger partial charge on any atom is -0.497 e. The van der Waals surface area contributed by atoms with Crippen molar-refractivity contribution in [2.45, 2.75) is 19.9 Å². The van der Waals surface area contributed by atoms with E-state index in [9.17, 15) is 14.7 Å². The monoisotopic (exact) mass is 395 g/mol. The summed E-state index contributed by atoms with van der Waals surface area (Å²) in [7, 11) is 1.55. The molecule has 0 radical (unpaired) electrons. The SMILES string of the molecule is COc1cccc(-c2nc(C)c(C(=O)N(CC(=O)O)C(C)c3ccccn3)o2)c1. The Hall–Kier alpha value is -3.68. The molecular weight excluding hydrogens is 374 g/mol. The van der Waals surface area contributed by atoms with Gasteiger partial charge in [-0.05, 0) is 44.2 Å². The van der Waals surface area contributed by atoms with E-state index in [4.69, 9.17) is 9.15 Å². The fraction of sp³-hybridized carbons (Fsp3) is 0.238. The number of nitrogens with zero attached hydrogens (tertiary/aromatic N) is 3. The van der Waals surface area contributed by atoms with Gasteiger partial charge in [-0.25, -0.2) is 4.98 Å². The standard InChI is InChI=1S/C21H21N3O5/c1-13-19(29-20(23-13)15-7-6-8-16(11-15)28-3)21(27)24(12-18(25)26)14(2)17-9-4-5-10-22-17/h4-11,14H,12H2,1-3H3,(H,25,26). The van der Waals surface area contributed by atoms with Crippen molar-refractivity contribution in [1.29, 1.82) is 0 Å². The van der Waals surface area contributed by atoms with Gasteiger partial charge < -0.3 is 19.2 Å². The smallest absolute Gasteiger partial charge is 0.323 e. The van der Waals surface area contributed by atoms with Crippen molar-refractivity contribution in [3.63, 3.8) is 0 Å². The molecule has 1 aromatic carbocycles. The lowest BCUT2D eigenvalue weighted by Crippen LogP contribution is -2.38. The number of aryl methyl sites for hydroxylation is 1. The number of hydrogen-bond donors (Lipinski definition) is 1. The number of aliphatic carboxylic acids is 1. The molecule has 0 aliphatic heterocycles. The predicted octanol–water partition coefficient (Wildman–Crippen LogP) is 3.34. The summed E-state index contributed by atoms with van der Waals surface area (Å²) in [6.45, 7) is 2.87. The van der Waals surface area contributed by atoms with E-state index in [2.05, 4.69) is 9.97 Å². The van der Waals surface area contributed by atoms with Crippen molar-refractivity contribution in [2.75, 3.05) is 13.7 Å². The second kappa shape index (κ2) is 8.55. The van der Waals surface area contributed by atoms with Crippen LogP contribution in [0, 0.1) is 6.92 Å². The van der Waals surface area contributed by atoms with Crippen molar-refractivity contribution in [1.82, 2.24) is 14.9 Å². The first-order valence-electron chi connectivity index (χ1n) is 8.96. The van der Waals surface area contributed by atoms with E-state index in [-0.39, 0.29) is 11.7 Å². The first-order valence-corrected chi connectivity index (χ1v) is 8.96. The van der Waals surface area contributed by atoms with Crippen LogP contribution in [-0.2, 0) is 4.79 Å². The lowest BCUT2D eigenvalue weighted by atomic mass is 10.1. The zero-order chi connectivity index (χ0) is 21.0. The zero-order valence-electron chi connectivity index (χ0n) is 16.3. The third-order valence-electron chi connectivity index (χ3n) is 4.46. The summed E-state index contributed by atoms with van der Waals surface area (Å²) < 4.78 is 10.9. The second-order valence-corrected chi connectivity index (χ2v) is 6.42. The van der Waals surface area contributed by atoms with E-state index >= 15 is 0 Å². The second-order valence-electron chi connectivity index (χ2n) is 6.42. The highest BCUT2D eigenvalue weighted by atomic mass is 16.5. The number of carbonyl (C=O) groups is 2. The first kappa shape index (κ1) is 20.1. The molecule has 0 saturated heterocycles. The molecule has 0 saturated carbocycles. The van der Waals surface area contributed by atoms with Gasteiger partial charge in [0.05, 0.1) is 24.5 Å². The highest BCUT2D eigenvalue weighted by Crippen LogP contribution is 2.28. The van der Waals surface area contributed by atoms with Gasteiger partial charge in [-0.2, -0.15) is 0 Å². The molecule has 2 heterocycles. The maximum absolute atomic E-state index is 13.2. The Morgan fingerprint density at radius 1 is 1.24 bits per heavy atom. The van der Waals surface area contributed by atoms with Crippen LogP contribution in [0.2, 0.25) is 0 Å². The normalized spacial score (nSPS) is 11.7. The number of carboxylic acids is 1. The highest BCUT2D eigenvalue weighted by molar-refractivity contribution is 5.95. The van der Waals surface area contributed by atoms with Gasteiger partial charge in [0.15, 0.2) is 0 Å². The number of carbonyl (C=O) groups excluding carboxylic acids is 1. The molecule has 1 atom stereocenters. The molecule has 8 heteroatoms. The van der Waals surface area contributed by atoms with E-state index in [1.54, 1.807) is 69.6 Å². The quantitative estimate of drug-likeness (QED) is 0.654. The topological polar surface area (TPSA) is 106 Å². The Balaban J connectivity index is 1.95. The third kappa shape index (κ3) is 4.43. The van der Waals surface area contributed by atoms with Crippen LogP contribution in [-0.4, -0.2) is 45.5 Å². The molecule has 3 aromatic rings. The maximum atomic E-state index is 13.2. The summed E-state index contributed by atoms with van der Waals surface area (Å²) in [6, 6.07) is 11.8. The minimum atomic E-state index is -1.13. The molecule has 0 bridgehead atoms. The summed E-state index contributed by atoms with van der Waals surface area (Å²) in [6.07, 6.45) is 1.59. The van der Waals surface area contributed by atoms with E-state index in [1.807, 2.05) is 0 Å². The number of carboxylic acid groups (broad SMARTS) is 1. The van der Waals surface area contributed by atoms with Gasteiger partial charge in [0.2, 0.25) is 11.7 Å². The van der Waals surface area contributed by atoms with Crippen molar-refractivity contribution in [3.05, 3.63) is 65.8 Å². The Morgan fingerprint density at radius 2 is 2.03 bits per heavy atom. The molecule has 1 amide bonds. The Kier molecular flexibility index (Phi) is 5.92.